The molecule has 3 nitrogen and oxygen atoms in total. The van der Waals surface area contributed by atoms with E-state index >= 15 is 0 Å². The van der Waals surface area contributed by atoms with Gasteiger partial charge in [-0.15, -0.1) is 0 Å². The summed E-state index contributed by atoms with van der Waals surface area (Å²) >= 11 is 3.50. The van der Waals surface area contributed by atoms with Gasteiger partial charge in [0.05, 0.1) is 24.9 Å². The fourth-order valence-electron chi connectivity index (χ4n) is 4.65. The summed E-state index contributed by atoms with van der Waals surface area (Å²) in [4.78, 5) is 0. The molecule has 5 heteroatoms. The van der Waals surface area contributed by atoms with Gasteiger partial charge in [0.15, 0.2) is 0 Å². The Bertz CT molecular complexity index is 769. The number of ether oxygens (including phenoxy) is 2. The number of alkyl halides is 1. The minimum atomic E-state index is -2.47. The predicted molar refractivity (Wildman–Crippen MR) is 129 cm³/mol. The van der Waals surface area contributed by atoms with Crippen molar-refractivity contribution < 1.29 is 13.9 Å². The molecule has 0 radical (unpaired) electrons. The predicted octanol–water partition coefficient (Wildman–Crippen LogP) is 4.66. The van der Waals surface area contributed by atoms with E-state index in [0.717, 1.165) is 18.2 Å². The number of epoxide rings is 2. The van der Waals surface area contributed by atoms with E-state index in [1.165, 1.54) is 16.8 Å². The molecule has 162 valence electrons. The number of hydrogen-bond donors (Lipinski definition) is 0. The highest BCUT2D eigenvalue weighted by Crippen LogP contribution is 2.40. The van der Waals surface area contributed by atoms with Gasteiger partial charge in [0.2, 0.25) is 0 Å². The van der Waals surface area contributed by atoms with Gasteiger partial charge in [-0.2, -0.15) is 0 Å². The molecule has 2 saturated heterocycles. The Morgan fingerprint density at radius 2 is 1.37 bits per heavy atom. The molecule has 2 aromatic rings. The zero-order chi connectivity index (χ0) is 21.2. The first-order valence-electron chi connectivity index (χ1n) is 11.1. The second kappa shape index (κ2) is 9.25. The molecule has 0 spiro atoms. The normalized spacial score (nSPS) is 25.9. The average molecular weight is 490 g/mol. The van der Waals surface area contributed by atoms with Crippen LogP contribution in [0, 0.1) is 0 Å². The molecule has 2 aromatic carbocycles. The monoisotopic (exact) mass is 488 g/mol. The van der Waals surface area contributed by atoms with E-state index < -0.39 is 8.32 Å². The molecule has 2 heterocycles. The fraction of sp³-hybridized carbons (Fsp3) is 0.520. The number of hydrogen-bond acceptors (Lipinski definition) is 3. The molecule has 0 bridgehead atoms. The van der Waals surface area contributed by atoms with Crippen molar-refractivity contribution in [1.82, 2.24) is 0 Å². The minimum absolute atomic E-state index is 0.000468. The maximum atomic E-state index is 6.98. The van der Waals surface area contributed by atoms with Crippen LogP contribution in [0.25, 0.3) is 0 Å². The molecule has 0 aliphatic carbocycles. The summed E-state index contributed by atoms with van der Waals surface area (Å²) in [6.45, 7) is 7.60. The third-order valence-electron chi connectivity index (χ3n) is 6.34. The molecule has 2 aliphatic heterocycles. The van der Waals surface area contributed by atoms with Crippen LogP contribution in [-0.4, -0.2) is 44.7 Å². The van der Waals surface area contributed by atoms with Crippen molar-refractivity contribution in [3.63, 3.8) is 0 Å². The van der Waals surface area contributed by atoms with Gasteiger partial charge >= 0.3 is 0 Å². The van der Waals surface area contributed by atoms with E-state index in [9.17, 15) is 0 Å². The molecular formula is C25H33BrO3Si. The van der Waals surface area contributed by atoms with E-state index in [2.05, 4.69) is 97.4 Å². The molecule has 0 amide bonds. The maximum Gasteiger partial charge on any atom is 0.261 e. The van der Waals surface area contributed by atoms with Crippen molar-refractivity contribution in [2.45, 2.75) is 69.5 Å². The van der Waals surface area contributed by atoms with Crippen LogP contribution in [0.15, 0.2) is 60.7 Å². The zero-order valence-corrected chi connectivity index (χ0v) is 20.8. The van der Waals surface area contributed by atoms with Crippen molar-refractivity contribution in [3.8, 4) is 0 Å². The van der Waals surface area contributed by atoms with Gasteiger partial charge < -0.3 is 13.9 Å². The van der Waals surface area contributed by atoms with E-state index in [0.29, 0.717) is 18.8 Å². The quantitative estimate of drug-likeness (QED) is 0.277. The van der Waals surface area contributed by atoms with Crippen molar-refractivity contribution in [2.75, 3.05) is 11.9 Å². The van der Waals surface area contributed by atoms with Crippen molar-refractivity contribution in [1.29, 1.82) is 0 Å². The van der Waals surface area contributed by atoms with Crippen molar-refractivity contribution in [3.05, 3.63) is 60.7 Å². The van der Waals surface area contributed by atoms with E-state index in [4.69, 9.17) is 13.9 Å². The van der Waals surface area contributed by atoms with Gasteiger partial charge in [-0.3, -0.25) is 0 Å². The molecule has 30 heavy (non-hydrogen) atoms. The van der Waals surface area contributed by atoms with Crippen LogP contribution in [0.1, 0.15) is 40.0 Å². The van der Waals surface area contributed by atoms with Crippen molar-refractivity contribution >= 4 is 34.6 Å². The molecule has 2 fully saturated rings. The minimum Gasteiger partial charge on any atom is -0.405 e. The van der Waals surface area contributed by atoms with Gasteiger partial charge in [-0.1, -0.05) is 97.4 Å². The molecule has 0 saturated carbocycles. The van der Waals surface area contributed by atoms with Gasteiger partial charge in [0, 0.05) is 11.8 Å². The van der Waals surface area contributed by atoms with Crippen LogP contribution in [0.5, 0.6) is 0 Å². The lowest BCUT2D eigenvalue weighted by Crippen LogP contribution is -2.66. The Balaban J connectivity index is 1.47. The average Bonchev–Trinajstić information content (AvgIpc) is 3.66. The van der Waals surface area contributed by atoms with Crippen LogP contribution in [0.2, 0.25) is 5.04 Å². The number of rotatable bonds is 10. The molecule has 0 unspecified atom stereocenters. The first kappa shape index (κ1) is 22.2. The van der Waals surface area contributed by atoms with Crippen LogP contribution in [0.3, 0.4) is 0 Å². The largest absolute Gasteiger partial charge is 0.405 e. The standard InChI is InChI=1S/C25H33BrO3Si/c1-25(2,3)30(19-11-6-4-7-12-19,20-13-8-5-9-14-20)27-18-24-23(29-24)17-22-21(28-22)15-10-16-26/h4-9,11-14,21-24H,10,15-18H2,1-3H3/t21-,22+,23-,24+/m0/s1. The third kappa shape index (κ3) is 4.75. The highest BCUT2D eigenvalue weighted by atomic mass is 79.9. The lowest BCUT2D eigenvalue weighted by atomic mass is 10.1. The summed E-state index contributed by atoms with van der Waals surface area (Å²) < 4.78 is 18.8. The summed E-state index contributed by atoms with van der Waals surface area (Å²) in [7, 11) is -2.47. The Morgan fingerprint density at radius 1 is 0.833 bits per heavy atom. The Morgan fingerprint density at radius 3 is 1.90 bits per heavy atom. The van der Waals surface area contributed by atoms with Gasteiger partial charge in [-0.25, -0.2) is 0 Å². The van der Waals surface area contributed by atoms with Crippen molar-refractivity contribution in [2.24, 2.45) is 0 Å². The highest BCUT2D eigenvalue weighted by Gasteiger charge is 2.53. The van der Waals surface area contributed by atoms with Crippen LogP contribution < -0.4 is 10.4 Å². The number of halogens is 1. The molecule has 0 aromatic heterocycles. The van der Waals surface area contributed by atoms with Gasteiger partial charge in [0.25, 0.3) is 8.32 Å². The lowest BCUT2D eigenvalue weighted by molar-refractivity contribution is 0.246. The van der Waals surface area contributed by atoms with E-state index in [1.54, 1.807) is 0 Å². The first-order valence-corrected chi connectivity index (χ1v) is 14.1. The third-order valence-corrected chi connectivity index (χ3v) is 11.9. The number of benzene rings is 2. The SMILES string of the molecule is CC(C)(C)[Si](OC[C@H]1O[C@H]1C[C@H]1O[C@H]1CCCBr)(c1ccccc1)c1ccccc1. The summed E-state index contributed by atoms with van der Waals surface area (Å²) in [5.74, 6) is 0. The molecular weight excluding hydrogens is 456 g/mol. The highest BCUT2D eigenvalue weighted by molar-refractivity contribution is 9.09. The molecule has 4 rings (SSSR count). The first-order chi connectivity index (χ1) is 14.5. The van der Waals surface area contributed by atoms with Crippen LogP contribution in [0.4, 0.5) is 0 Å². The Kier molecular flexibility index (Phi) is 6.85. The summed E-state index contributed by atoms with van der Waals surface area (Å²) in [5, 5.41) is 3.69. The topological polar surface area (TPSA) is 34.3 Å². The molecule has 4 atom stereocenters. The van der Waals surface area contributed by atoms with E-state index in [1.807, 2.05) is 0 Å². The smallest absolute Gasteiger partial charge is 0.261 e. The fourth-order valence-corrected chi connectivity index (χ4v) is 9.54. The second-order valence-corrected chi connectivity index (χ2v) is 14.6. The summed E-state index contributed by atoms with van der Waals surface area (Å²) in [6.07, 6.45) is 4.60. The van der Waals surface area contributed by atoms with Gasteiger partial charge in [-0.05, 0) is 28.3 Å². The lowest BCUT2D eigenvalue weighted by Gasteiger charge is -2.43. The Hall–Kier alpha value is -0.983. The molecule has 0 N–H and O–H groups in total. The van der Waals surface area contributed by atoms with Crippen LogP contribution >= 0.6 is 15.9 Å². The zero-order valence-electron chi connectivity index (χ0n) is 18.2. The van der Waals surface area contributed by atoms with Crippen LogP contribution in [-0.2, 0) is 13.9 Å². The maximum absolute atomic E-state index is 6.98. The van der Waals surface area contributed by atoms with Gasteiger partial charge in [0.1, 0.15) is 6.10 Å². The summed E-state index contributed by atoms with van der Waals surface area (Å²) in [5.41, 5.74) is 0. The summed E-state index contributed by atoms with van der Waals surface area (Å²) in [6, 6.07) is 21.6. The Labute approximate surface area is 190 Å². The second-order valence-electron chi connectivity index (χ2n) is 9.47. The van der Waals surface area contributed by atoms with E-state index in [-0.39, 0.29) is 17.2 Å². The molecule has 2 aliphatic rings.